The summed E-state index contributed by atoms with van der Waals surface area (Å²) in [5.41, 5.74) is 10.8. The minimum atomic E-state index is -0.232. The molecular formula is C45H30N2O. The van der Waals surface area contributed by atoms with Gasteiger partial charge in [0.05, 0.1) is 0 Å². The average Bonchev–Trinajstić information content (AvgIpc) is 3.74. The van der Waals surface area contributed by atoms with Gasteiger partial charge in [-0.2, -0.15) is 0 Å². The third kappa shape index (κ3) is 3.88. The molecule has 48 heavy (non-hydrogen) atoms. The molecule has 0 fully saturated rings. The lowest BCUT2D eigenvalue weighted by Gasteiger charge is -2.24. The number of nitrogens with zero attached hydrogens (tertiary/aromatic N) is 2. The molecule has 0 amide bonds. The van der Waals surface area contributed by atoms with E-state index in [1.165, 1.54) is 94.0 Å². The van der Waals surface area contributed by atoms with Crippen molar-refractivity contribution in [2.45, 2.75) is 19.3 Å². The average molecular weight is 615 g/mol. The van der Waals surface area contributed by atoms with E-state index in [0.717, 1.165) is 5.56 Å². The SMILES string of the molecule is CC1(C)c2cc(-c3nnco3)ccc2-c2cc3c(-c4ccc5ccccc5c4)c4ccccc4c(-c4ccc5ccccc5c4)c3cc21. The van der Waals surface area contributed by atoms with Crippen molar-refractivity contribution in [2.24, 2.45) is 0 Å². The van der Waals surface area contributed by atoms with Crippen LogP contribution in [-0.2, 0) is 5.41 Å². The minimum Gasteiger partial charge on any atom is -0.423 e. The first-order valence-corrected chi connectivity index (χ1v) is 16.5. The summed E-state index contributed by atoms with van der Waals surface area (Å²) >= 11 is 0. The molecule has 0 unspecified atom stereocenters. The minimum absolute atomic E-state index is 0.232. The number of aromatic nitrogens is 2. The predicted molar refractivity (Wildman–Crippen MR) is 198 cm³/mol. The highest BCUT2D eigenvalue weighted by molar-refractivity contribution is 6.23. The third-order valence-electron chi connectivity index (χ3n) is 10.5. The second kappa shape index (κ2) is 9.97. The van der Waals surface area contributed by atoms with Crippen molar-refractivity contribution in [2.75, 3.05) is 0 Å². The zero-order valence-corrected chi connectivity index (χ0v) is 26.7. The highest BCUT2D eigenvalue weighted by Gasteiger charge is 2.37. The largest absolute Gasteiger partial charge is 0.423 e. The standard InChI is InChI=1S/C45H30N2O/c1-45(2)40-23-33(44-47-46-26-48-44)19-20-34(40)37-24-38-39(25-41(37)45)43(32-18-16-28-10-4-6-12-30(28)22-32)36-14-8-7-13-35(36)42(38)31-17-15-27-9-3-5-11-29(27)21-31/h3-26H,1-2H3. The summed E-state index contributed by atoms with van der Waals surface area (Å²) in [6, 6.07) is 51.5. The van der Waals surface area contributed by atoms with Crippen LogP contribution in [0, 0.1) is 0 Å². The molecule has 10 rings (SSSR count). The van der Waals surface area contributed by atoms with Crippen LogP contribution in [0.15, 0.2) is 150 Å². The lowest BCUT2D eigenvalue weighted by atomic mass is 9.79. The Hall–Kier alpha value is -6.06. The maximum absolute atomic E-state index is 5.60. The molecule has 1 aliphatic carbocycles. The van der Waals surface area contributed by atoms with Crippen LogP contribution in [0.5, 0.6) is 0 Å². The van der Waals surface area contributed by atoms with Crippen LogP contribution in [0.1, 0.15) is 25.0 Å². The Morgan fingerprint density at radius 3 is 1.60 bits per heavy atom. The van der Waals surface area contributed by atoms with Gasteiger partial charge in [0.2, 0.25) is 12.3 Å². The van der Waals surface area contributed by atoms with Crippen LogP contribution in [0.25, 0.3) is 87.9 Å². The van der Waals surface area contributed by atoms with Gasteiger partial charge in [0.15, 0.2) is 0 Å². The topological polar surface area (TPSA) is 38.9 Å². The van der Waals surface area contributed by atoms with Crippen molar-refractivity contribution in [3.63, 3.8) is 0 Å². The van der Waals surface area contributed by atoms with E-state index >= 15 is 0 Å². The summed E-state index contributed by atoms with van der Waals surface area (Å²) < 4.78 is 5.60. The van der Waals surface area contributed by atoms with E-state index < -0.39 is 0 Å². The van der Waals surface area contributed by atoms with Gasteiger partial charge in [0.1, 0.15) is 0 Å². The van der Waals surface area contributed by atoms with Crippen LogP contribution in [0.3, 0.4) is 0 Å². The maximum Gasteiger partial charge on any atom is 0.247 e. The molecule has 9 aromatic rings. The van der Waals surface area contributed by atoms with Crippen LogP contribution >= 0.6 is 0 Å². The Balaban J connectivity index is 1.34. The van der Waals surface area contributed by atoms with Gasteiger partial charge in [0.25, 0.3) is 0 Å². The van der Waals surface area contributed by atoms with Crippen molar-refractivity contribution in [3.05, 3.63) is 157 Å². The van der Waals surface area contributed by atoms with Gasteiger partial charge in [0, 0.05) is 11.0 Å². The van der Waals surface area contributed by atoms with Crippen molar-refractivity contribution in [3.8, 4) is 44.8 Å². The molecule has 0 radical (unpaired) electrons. The molecule has 0 atom stereocenters. The number of hydrogen-bond acceptors (Lipinski definition) is 3. The van der Waals surface area contributed by atoms with Gasteiger partial charge < -0.3 is 4.42 Å². The second-order valence-corrected chi connectivity index (χ2v) is 13.5. The summed E-state index contributed by atoms with van der Waals surface area (Å²) in [7, 11) is 0. The molecule has 1 aliphatic rings. The van der Waals surface area contributed by atoms with Gasteiger partial charge >= 0.3 is 0 Å². The Kier molecular flexibility index (Phi) is 5.63. The lowest BCUT2D eigenvalue weighted by molar-refractivity contribution is 0.568. The van der Waals surface area contributed by atoms with Gasteiger partial charge in [-0.05, 0) is 124 Å². The van der Waals surface area contributed by atoms with Crippen molar-refractivity contribution in [1.29, 1.82) is 0 Å². The molecule has 0 spiro atoms. The van der Waals surface area contributed by atoms with E-state index in [4.69, 9.17) is 4.42 Å². The van der Waals surface area contributed by atoms with Crippen molar-refractivity contribution < 1.29 is 4.42 Å². The summed E-state index contributed by atoms with van der Waals surface area (Å²) in [6.45, 7) is 4.67. The molecule has 0 saturated heterocycles. The van der Waals surface area contributed by atoms with E-state index in [1.807, 2.05) is 0 Å². The number of rotatable bonds is 3. The molecule has 3 heteroatoms. The number of benzene rings is 8. The Morgan fingerprint density at radius 1 is 0.458 bits per heavy atom. The van der Waals surface area contributed by atoms with E-state index in [1.54, 1.807) is 0 Å². The van der Waals surface area contributed by atoms with Crippen LogP contribution in [0.4, 0.5) is 0 Å². The zero-order valence-electron chi connectivity index (χ0n) is 26.7. The quantitative estimate of drug-likeness (QED) is 0.186. The molecule has 3 nitrogen and oxygen atoms in total. The van der Waals surface area contributed by atoms with E-state index in [9.17, 15) is 0 Å². The van der Waals surface area contributed by atoms with Crippen LogP contribution in [-0.4, -0.2) is 10.2 Å². The molecule has 0 saturated carbocycles. The highest BCUT2D eigenvalue weighted by Crippen LogP contribution is 2.54. The Morgan fingerprint density at radius 2 is 1.00 bits per heavy atom. The first-order chi connectivity index (χ1) is 23.5. The maximum atomic E-state index is 5.60. The molecule has 1 heterocycles. The fraction of sp³-hybridized carbons (Fsp3) is 0.0667. The summed E-state index contributed by atoms with van der Waals surface area (Å²) in [6.07, 6.45) is 1.39. The monoisotopic (exact) mass is 614 g/mol. The number of fused-ring (bicyclic) bond motifs is 7. The predicted octanol–water partition coefficient (Wildman–Crippen LogP) is 12.0. The van der Waals surface area contributed by atoms with Crippen molar-refractivity contribution in [1.82, 2.24) is 10.2 Å². The summed E-state index contributed by atoms with van der Waals surface area (Å²) in [5, 5.41) is 18.2. The fourth-order valence-corrected chi connectivity index (χ4v) is 8.15. The van der Waals surface area contributed by atoms with E-state index in [0.29, 0.717) is 5.89 Å². The normalized spacial score (nSPS) is 13.4. The highest BCUT2D eigenvalue weighted by atomic mass is 16.4. The van der Waals surface area contributed by atoms with Gasteiger partial charge in [-0.25, -0.2) is 0 Å². The van der Waals surface area contributed by atoms with E-state index in [2.05, 4.69) is 164 Å². The molecule has 8 aromatic carbocycles. The zero-order chi connectivity index (χ0) is 32.0. The molecule has 1 aromatic heterocycles. The fourth-order valence-electron chi connectivity index (χ4n) is 8.15. The van der Waals surface area contributed by atoms with Gasteiger partial charge in [-0.15, -0.1) is 10.2 Å². The Bertz CT molecular complexity index is 2760. The van der Waals surface area contributed by atoms with Crippen molar-refractivity contribution >= 4 is 43.1 Å². The molecule has 226 valence electrons. The summed E-state index contributed by atoms with van der Waals surface area (Å²) in [4.78, 5) is 0. The lowest BCUT2D eigenvalue weighted by Crippen LogP contribution is -2.15. The first-order valence-electron chi connectivity index (χ1n) is 16.5. The Labute approximate surface area is 278 Å². The molecular weight excluding hydrogens is 585 g/mol. The molecule has 0 N–H and O–H groups in total. The molecule has 0 aliphatic heterocycles. The number of hydrogen-bond donors (Lipinski definition) is 0. The van der Waals surface area contributed by atoms with Gasteiger partial charge in [-0.3, -0.25) is 0 Å². The van der Waals surface area contributed by atoms with Crippen LogP contribution in [0.2, 0.25) is 0 Å². The first kappa shape index (κ1) is 27.1. The van der Waals surface area contributed by atoms with Gasteiger partial charge in [-0.1, -0.05) is 117 Å². The second-order valence-electron chi connectivity index (χ2n) is 13.5. The van der Waals surface area contributed by atoms with E-state index in [-0.39, 0.29) is 5.41 Å². The van der Waals surface area contributed by atoms with Crippen LogP contribution < -0.4 is 0 Å². The molecule has 0 bridgehead atoms. The smallest absolute Gasteiger partial charge is 0.247 e. The summed E-state index contributed by atoms with van der Waals surface area (Å²) in [5.74, 6) is 0.540. The third-order valence-corrected chi connectivity index (χ3v) is 10.5.